The number of anilines is 1. The third-order valence-electron chi connectivity index (χ3n) is 2.80. The molecule has 0 aliphatic heterocycles. The normalized spacial score (nSPS) is 9.95. The Morgan fingerprint density at radius 2 is 2.00 bits per heavy atom. The van der Waals surface area contributed by atoms with Crippen molar-refractivity contribution in [2.45, 2.75) is 6.42 Å². The van der Waals surface area contributed by atoms with Crippen molar-refractivity contribution in [3.05, 3.63) is 59.9 Å². The van der Waals surface area contributed by atoms with Crippen molar-refractivity contribution in [3.8, 4) is 0 Å². The summed E-state index contributed by atoms with van der Waals surface area (Å²) >= 11 is 0. The van der Waals surface area contributed by atoms with Gasteiger partial charge in [-0.3, -0.25) is 9.78 Å². The second-order valence-electron chi connectivity index (χ2n) is 4.17. The van der Waals surface area contributed by atoms with E-state index in [0.29, 0.717) is 5.69 Å². The van der Waals surface area contributed by atoms with Gasteiger partial charge in [0.05, 0.1) is 0 Å². The number of carbonyl (C=O) groups excluding carboxylic acids is 1. The number of hydrogen-bond donors (Lipinski definition) is 2. The van der Waals surface area contributed by atoms with Crippen LogP contribution in [0.15, 0.2) is 48.7 Å². The summed E-state index contributed by atoms with van der Waals surface area (Å²) in [4.78, 5) is 15.5. The summed E-state index contributed by atoms with van der Waals surface area (Å²) in [5.74, 6) is -0.155. The fourth-order valence-corrected chi connectivity index (χ4v) is 1.79. The van der Waals surface area contributed by atoms with Crippen LogP contribution in [0, 0.1) is 0 Å². The van der Waals surface area contributed by atoms with E-state index in [1.165, 1.54) is 0 Å². The van der Waals surface area contributed by atoms with Crippen LogP contribution in [0.4, 0.5) is 5.69 Å². The van der Waals surface area contributed by atoms with Gasteiger partial charge >= 0.3 is 0 Å². The molecule has 4 heteroatoms. The number of nitrogens with one attached hydrogen (secondary N) is 2. The van der Waals surface area contributed by atoms with Gasteiger partial charge in [0.25, 0.3) is 5.91 Å². The van der Waals surface area contributed by atoms with Gasteiger partial charge in [-0.2, -0.15) is 0 Å². The standard InChI is InChI=1S/C15H17N3O/c1-16-15(19)14-11-12(8-10-18-14)7-9-17-13-5-3-2-4-6-13/h2-6,8,10-11,17H,7,9H2,1H3,(H,16,19). The van der Waals surface area contributed by atoms with Crippen molar-refractivity contribution in [1.82, 2.24) is 10.3 Å². The average molecular weight is 255 g/mol. The second-order valence-corrected chi connectivity index (χ2v) is 4.17. The maximum absolute atomic E-state index is 11.5. The number of aromatic nitrogens is 1. The van der Waals surface area contributed by atoms with E-state index < -0.39 is 0 Å². The minimum atomic E-state index is -0.155. The Balaban J connectivity index is 1.91. The molecule has 0 bridgehead atoms. The van der Waals surface area contributed by atoms with Gasteiger partial charge in [-0.1, -0.05) is 18.2 Å². The van der Waals surface area contributed by atoms with Crippen molar-refractivity contribution in [2.75, 3.05) is 18.9 Å². The molecule has 0 saturated carbocycles. The molecule has 2 rings (SSSR count). The molecule has 0 atom stereocenters. The first-order valence-corrected chi connectivity index (χ1v) is 6.25. The van der Waals surface area contributed by atoms with E-state index in [2.05, 4.69) is 15.6 Å². The summed E-state index contributed by atoms with van der Waals surface area (Å²) in [5, 5.41) is 5.91. The third kappa shape index (κ3) is 3.81. The van der Waals surface area contributed by atoms with E-state index in [-0.39, 0.29) is 5.91 Å². The van der Waals surface area contributed by atoms with E-state index >= 15 is 0 Å². The predicted molar refractivity (Wildman–Crippen MR) is 76.3 cm³/mol. The lowest BCUT2D eigenvalue weighted by atomic mass is 10.1. The fourth-order valence-electron chi connectivity index (χ4n) is 1.79. The molecule has 0 radical (unpaired) electrons. The van der Waals surface area contributed by atoms with Crippen LogP contribution in [0.3, 0.4) is 0 Å². The Morgan fingerprint density at radius 3 is 2.74 bits per heavy atom. The number of rotatable bonds is 5. The van der Waals surface area contributed by atoms with Gasteiger partial charge < -0.3 is 10.6 Å². The van der Waals surface area contributed by atoms with Crippen molar-refractivity contribution in [2.24, 2.45) is 0 Å². The van der Waals surface area contributed by atoms with Gasteiger partial charge in [0, 0.05) is 25.5 Å². The highest BCUT2D eigenvalue weighted by Crippen LogP contribution is 2.07. The first-order chi connectivity index (χ1) is 9.29. The van der Waals surface area contributed by atoms with E-state index in [9.17, 15) is 4.79 Å². The number of para-hydroxylation sites is 1. The zero-order chi connectivity index (χ0) is 13.5. The number of hydrogen-bond acceptors (Lipinski definition) is 3. The van der Waals surface area contributed by atoms with Gasteiger partial charge in [0.2, 0.25) is 0 Å². The minimum Gasteiger partial charge on any atom is -0.385 e. The molecule has 1 amide bonds. The van der Waals surface area contributed by atoms with Crippen LogP contribution in [0.5, 0.6) is 0 Å². The summed E-state index contributed by atoms with van der Waals surface area (Å²) in [7, 11) is 1.60. The molecule has 1 aromatic heterocycles. The zero-order valence-electron chi connectivity index (χ0n) is 10.9. The molecule has 2 aromatic rings. The van der Waals surface area contributed by atoms with Gasteiger partial charge in [0.1, 0.15) is 5.69 Å². The zero-order valence-corrected chi connectivity index (χ0v) is 10.9. The highest BCUT2D eigenvalue weighted by Gasteiger charge is 2.04. The predicted octanol–water partition coefficient (Wildman–Crippen LogP) is 2.10. The molecule has 4 nitrogen and oxygen atoms in total. The monoisotopic (exact) mass is 255 g/mol. The van der Waals surface area contributed by atoms with E-state index in [0.717, 1.165) is 24.2 Å². The molecule has 0 spiro atoms. The summed E-state index contributed by atoms with van der Waals surface area (Å²) in [5.41, 5.74) is 2.65. The quantitative estimate of drug-likeness (QED) is 0.860. The smallest absolute Gasteiger partial charge is 0.269 e. The molecule has 0 unspecified atom stereocenters. The van der Waals surface area contributed by atoms with E-state index in [1.54, 1.807) is 13.2 Å². The van der Waals surface area contributed by atoms with Crippen molar-refractivity contribution in [1.29, 1.82) is 0 Å². The lowest BCUT2D eigenvalue weighted by Crippen LogP contribution is -2.19. The highest BCUT2D eigenvalue weighted by molar-refractivity contribution is 5.92. The number of amides is 1. The van der Waals surface area contributed by atoms with Gasteiger partial charge in [-0.25, -0.2) is 0 Å². The number of nitrogens with zero attached hydrogens (tertiary/aromatic N) is 1. The number of carbonyl (C=O) groups is 1. The first kappa shape index (κ1) is 13.1. The SMILES string of the molecule is CNC(=O)c1cc(CCNc2ccccc2)ccn1. The molecule has 0 aliphatic carbocycles. The topological polar surface area (TPSA) is 54.0 Å². The Labute approximate surface area is 112 Å². The second kappa shape index (κ2) is 6.54. The molecule has 1 heterocycles. The maximum atomic E-state index is 11.5. The van der Waals surface area contributed by atoms with Crippen LogP contribution in [-0.4, -0.2) is 24.5 Å². The summed E-state index contributed by atoms with van der Waals surface area (Å²) in [6, 6.07) is 13.8. The molecule has 98 valence electrons. The third-order valence-corrected chi connectivity index (χ3v) is 2.80. The van der Waals surface area contributed by atoms with Crippen LogP contribution >= 0.6 is 0 Å². The Bertz CT molecular complexity index is 540. The molecular formula is C15H17N3O. The summed E-state index contributed by atoms with van der Waals surface area (Å²) < 4.78 is 0. The van der Waals surface area contributed by atoms with Crippen LogP contribution in [0.2, 0.25) is 0 Å². The average Bonchev–Trinajstić information content (AvgIpc) is 2.48. The highest BCUT2D eigenvalue weighted by atomic mass is 16.1. The molecule has 0 saturated heterocycles. The van der Waals surface area contributed by atoms with Gasteiger partial charge in [-0.15, -0.1) is 0 Å². The summed E-state index contributed by atoms with van der Waals surface area (Å²) in [6.07, 6.45) is 2.52. The minimum absolute atomic E-state index is 0.155. The van der Waals surface area contributed by atoms with Crippen LogP contribution in [0.25, 0.3) is 0 Å². The van der Waals surface area contributed by atoms with Gasteiger partial charge in [0.15, 0.2) is 0 Å². The Morgan fingerprint density at radius 1 is 1.21 bits per heavy atom. The Hall–Kier alpha value is -2.36. The Kier molecular flexibility index (Phi) is 4.50. The van der Waals surface area contributed by atoms with Crippen molar-refractivity contribution >= 4 is 11.6 Å². The first-order valence-electron chi connectivity index (χ1n) is 6.25. The molecule has 2 N–H and O–H groups in total. The van der Waals surface area contributed by atoms with Gasteiger partial charge in [-0.05, 0) is 36.2 Å². The molecule has 0 aliphatic rings. The maximum Gasteiger partial charge on any atom is 0.269 e. The number of pyridine rings is 1. The van der Waals surface area contributed by atoms with E-state index in [4.69, 9.17) is 0 Å². The van der Waals surface area contributed by atoms with Crippen molar-refractivity contribution < 1.29 is 4.79 Å². The summed E-state index contributed by atoms with van der Waals surface area (Å²) in [6.45, 7) is 0.821. The molecule has 0 fully saturated rings. The van der Waals surface area contributed by atoms with E-state index in [1.807, 2.05) is 42.5 Å². The van der Waals surface area contributed by atoms with Crippen LogP contribution < -0.4 is 10.6 Å². The van der Waals surface area contributed by atoms with Crippen LogP contribution in [0.1, 0.15) is 16.1 Å². The molecular weight excluding hydrogens is 238 g/mol. The van der Waals surface area contributed by atoms with Crippen molar-refractivity contribution in [3.63, 3.8) is 0 Å². The lowest BCUT2D eigenvalue weighted by Gasteiger charge is -2.07. The number of benzene rings is 1. The lowest BCUT2D eigenvalue weighted by molar-refractivity contribution is 0.0958. The molecule has 1 aromatic carbocycles. The molecule has 19 heavy (non-hydrogen) atoms. The van der Waals surface area contributed by atoms with Crippen LogP contribution in [-0.2, 0) is 6.42 Å². The fraction of sp³-hybridized carbons (Fsp3) is 0.200. The largest absolute Gasteiger partial charge is 0.385 e.